The fraction of sp³-hybridized carbons (Fsp3) is 0.830. The lowest BCUT2D eigenvalue weighted by molar-refractivity contribution is -0.132. The fourth-order valence-corrected chi connectivity index (χ4v) is 10.3. The first-order valence-electron chi connectivity index (χ1n) is 25.8. The summed E-state index contributed by atoms with van der Waals surface area (Å²) >= 11 is 6.46. The fourth-order valence-electron chi connectivity index (χ4n) is 10.0. The number of hydrogen-bond donors (Lipinski definition) is 0. The van der Waals surface area contributed by atoms with Crippen LogP contribution in [0.5, 0.6) is 0 Å². The predicted octanol–water partition coefficient (Wildman–Crippen LogP) is 17.9. The maximum atomic E-state index is 16.0. The van der Waals surface area contributed by atoms with Crippen molar-refractivity contribution in [3.8, 4) is 6.07 Å². The number of urea groups is 1. The van der Waals surface area contributed by atoms with E-state index in [4.69, 9.17) is 11.6 Å². The average molecular weight is 873 g/mol. The number of alkyl halides is 2. The van der Waals surface area contributed by atoms with Crippen LogP contribution in [0.25, 0.3) is 0 Å². The summed E-state index contributed by atoms with van der Waals surface area (Å²) in [6, 6.07) is 4.43. The van der Waals surface area contributed by atoms with Gasteiger partial charge in [0.25, 0.3) is 11.8 Å². The Labute approximate surface area is 377 Å². The van der Waals surface area contributed by atoms with Gasteiger partial charge in [-0.15, -0.1) is 0 Å². The summed E-state index contributed by atoms with van der Waals surface area (Å²) in [5.41, 5.74) is -0.734. The van der Waals surface area contributed by atoms with Gasteiger partial charge in [0, 0.05) is 19.9 Å². The summed E-state index contributed by atoms with van der Waals surface area (Å²) in [7, 11) is 1.50. The number of hydrogen-bond acceptors (Lipinski definition) is 3. The molecule has 0 aromatic heterocycles. The second-order valence-electron chi connectivity index (χ2n) is 19.3. The molecule has 8 heteroatoms. The van der Waals surface area contributed by atoms with Gasteiger partial charge in [0.15, 0.2) is 0 Å². The normalized spacial score (nSPS) is 24.7. The van der Waals surface area contributed by atoms with Crippen molar-refractivity contribution in [2.75, 3.05) is 11.9 Å². The first-order chi connectivity index (χ1) is 29.6. The molecule has 1 saturated heterocycles. The third-order valence-corrected chi connectivity index (χ3v) is 14.6. The topological polar surface area (TPSA) is 64.4 Å². The number of nitriles is 1. The number of carbonyl (C=O) groups excluding carboxylic acids is 2. The Balaban J connectivity index is 1.51. The molecule has 1 aliphatic heterocycles. The lowest BCUT2D eigenvalue weighted by Crippen LogP contribution is -2.51. The monoisotopic (exact) mass is 872 g/mol. The smallest absolute Gasteiger partial charge is 0.312 e. The second-order valence-corrected chi connectivity index (χ2v) is 19.7. The van der Waals surface area contributed by atoms with E-state index >= 15 is 8.78 Å². The highest BCUT2D eigenvalue weighted by Crippen LogP contribution is 2.45. The molecule has 5 nitrogen and oxygen atoms in total. The molecule has 1 atom stereocenters. The summed E-state index contributed by atoms with van der Waals surface area (Å²) in [6.45, 7) is 1.66. The molecule has 1 unspecified atom stereocenters. The quantitative estimate of drug-likeness (QED) is 0.264. The molecule has 1 saturated carbocycles. The summed E-state index contributed by atoms with van der Waals surface area (Å²) in [6.07, 6.45) is 45.2. The van der Waals surface area contributed by atoms with Gasteiger partial charge in [-0.05, 0) is 37.5 Å². The van der Waals surface area contributed by atoms with Crippen molar-refractivity contribution < 1.29 is 18.4 Å². The van der Waals surface area contributed by atoms with Gasteiger partial charge in [-0.3, -0.25) is 4.79 Å². The Bertz CT molecular complexity index is 1400. The molecule has 1 aromatic rings. The van der Waals surface area contributed by atoms with Gasteiger partial charge in [-0.2, -0.15) is 5.26 Å². The van der Waals surface area contributed by atoms with Crippen LogP contribution < -0.4 is 4.90 Å². The van der Waals surface area contributed by atoms with E-state index in [1.165, 1.54) is 204 Å². The van der Waals surface area contributed by atoms with Crippen LogP contribution >= 0.6 is 11.6 Å². The Morgan fingerprint density at radius 3 is 1.13 bits per heavy atom. The number of imide groups is 1. The molecule has 2 fully saturated rings. The highest BCUT2D eigenvalue weighted by Gasteiger charge is 2.59. The Morgan fingerprint density at radius 1 is 0.525 bits per heavy atom. The van der Waals surface area contributed by atoms with Crippen LogP contribution in [0.1, 0.15) is 268 Å². The van der Waals surface area contributed by atoms with Gasteiger partial charge in [-0.25, -0.2) is 18.5 Å². The third kappa shape index (κ3) is 20.0. The number of halogens is 3. The lowest BCUT2D eigenvalue weighted by Gasteiger charge is -2.36. The number of rotatable bonds is 1. The summed E-state index contributed by atoms with van der Waals surface area (Å²) in [4.78, 5) is 30.6. The molecule has 0 radical (unpaired) electrons. The average Bonchev–Trinajstić information content (AvgIpc) is 3.41. The molecule has 3 amide bonds. The number of carbonyl (C=O) groups is 2. The van der Waals surface area contributed by atoms with Crippen LogP contribution in [0.4, 0.5) is 19.3 Å². The van der Waals surface area contributed by atoms with Crippen LogP contribution in [-0.4, -0.2) is 35.3 Å². The number of benzene rings is 1. The zero-order valence-electron chi connectivity index (χ0n) is 39.2. The molecule has 3 rings (SSSR count). The van der Waals surface area contributed by atoms with Gasteiger partial charge in [0.05, 0.1) is 16.3 Å². The minimum Gasteiger partial charge on any atom is -0.312 e. The molecule has 61 heavy (non-hydrogen) atoms. The van der Waals surface area contributed by atoms with Crippen molar-refractivity contribution in [3.63, 3.8) is 0 Å². The number of anilines is 1. The molecular formula is C53H88ClF2N3O2. The summed E-state index contributed by atoms with van der Waals surface area (Å²) in [5, 5.41) is 9.64. The van der Waals surface area contributed by atoms with E-state index in [1.54, 1.807) is 6.92 Å². The third-order valence-electron chi connectivity index (χ3n) is 14.1. The zero-order valence-corrected chi connectivity index (χ0v) is 40.0. The van der Waals surface area contributed by atoms with Crippen molar-refractivity contribution in [2.45, 2.75) is 275 Å². The summed E-state index contributed by atoms with van der Waals surface area (Å²) in [5.74, 6) is -3.70. The Hall–Kier alpha value is -2.20. The van der Waals surface area contributed by atoms with Crippen LogP contribution in [0.15, 0.2) is 12.1 Å². The van der Waals surface area contributed by atoms with Crippen LogP contribution in [0.3, 0.4) is 0 Å². The van der Waals surface area contributed by atoms with Crippen LogP contribution in [0, 0.1) is 18.3 Å². The minimum absolute atomic E-state index is 0.162. The largest absolute Gasteiger partial charge is 0.332 e. The Morgan fingerprint density at radius 2 is 0.820 bits per heavy atom. The maximum Gasteiger partial charge on any atom is 0.332 e. The number of likely N-dealkylation sites (N-methyl/N-ethyl adjacent to an activating group) is 1. The molecular weight excluding hydrogens is 784 g/mol. The van der Waals surface area contributed by atoms with E-state index in [-0.39, 0.29) is 29.1 Å². The van der Waals surface area contributed by atoms with Crippen LogP contribution in [0.2, 0.25) is 5.02 Å². The van der Waals surface area contributed by atoms with E-state index in [9.17, 15) is 14.9 Å². The minimum atomic E-state index is -3.09. The van der Waals surface area contributed by atoms with E-state index in [0.717, 1.165) is 49.8 Å². The van der Waals surface area contributed by atoms with E-state index in [1.807, 2.05) is 6.07 Å². The highest BCUT2D eigenvalue weighted by atomic mass is 35.5. The lowest BCUT2D eigenvalue weighted by atomic mass is 9.83. The molecule has 0 bridgehead atoms. The standard InChI is InChI=1S/C53H88ClF2N3O2/c1-46-48(41-40-47(44-57)49(46)54)59-50(60)52(58(2)51(59)61)42-38-36-34-32-30-28-26-24-22-20-18-16-14-12-10-8-6-4-3-5-7-9-11-13-15-17-19-21-23-25-27-29-31-33-35-37-39-43-53(55,56)45-52/h40-41H,3-39,42-43,45H2,1-2H3. The van der Waals surface area contributed by atoms with Crippen molar-refractivity contribution in [1.82, 2.24) is 4.90 Å². The van der Waals surface area contributed by atoms with Crippen molar-refractivity contribution in [1.29, 1.82) is 5.26 Å². The van der Waals surface area contributed by atoms with E-state index in [2.05, 4.69) is 0 Å². The maximum absolute atomic E-state index is 16.0. The van der Waals surface area contributed by atoms with Gasteiger partial charge >= 0.3 is 6.03 Å². The molecule has 348 valence electrons. The highest BCUT2D eigenvalue weighted by molar-refractivity contribution is 6.33. The SMILES string of the molecule is Cc1c(N2C(=O)N(C)C3(CCCCCCCCCCCCCCCCCCCCCCCCCCCCCCCCCCCCCCCC(F)(F)C3)C2=O)ccc(C#N)c1Cl. The number of nitrogens with zero attached hydrogens (tertiary/aromatic N) is 3. The second kappa shape index (κ2) is 31.6. The van der Waals surface area contributed by atoms with Crippen molar-refractivity contribution in [3.05, 3.63) is 28.3 Å². The van der Waals surface area contributed by atoms with Gasteiger partial charge in [0.2, 0.25) is 0 Å². The van der Waals surface area contributed by atoms with Gasteiger partial charge < -0.3 is 4.90 Å². The number of amides is 3. The first-order valence-corrected chi connectivity index (χ1v) is 26.2. The van der Waals surface area contributed by atoms with Crippen molar-refractivity contribution >= 4 is 29.2 Å². The first kappa shape index (κ1) is 53.1. The van der Waals surface area contributed by atoms with Crippen molar-refractivity contribution in [2.24, 2.45) is 0 Å². The van der Waals surface area contributed by atoms with Gasteiger partial charge in [0.1, 0.15) is 11.6 Å². The zero-order chi connectivity index (χ0) is 44.0. The molecule has 2 aliphatic rings. The molecule has 0 N–H and O–H groups in total. The van der Waals surface area contributed by atoms with E-state index in [0.29, 0.717) is 18.4 Å². The molecule has 1 aromatic carbocycles. The van der Waals surface area contributed by atoms with Gasteiger partial charge in [-0.1, -0.05) is 243 Å². The molecule has 1 spiro atoms. The van der Waals surface area contributed by atoms with Crippen LogP contribution in [-0.2, 0) is 4.79 Å². The predicted molar refractivity (Wildman–Crippen MR) is 254 cm³/mol. The Kier molecular flexibility index (Phi) is 27.5. The summed E-state index contributed by atoms with van der Waals surface area (Å²) < 4.78 is 32.1. The molecule has 1 heterocycles. The van der Waals surface area contributed by atoms with E-state index < -0.39 is 29.8 Å². The molecule has 1 aliphatic carbocycles.